The number of nitrogens with one attached hydrogen (secondary N) is 1. The number of aryl methyl sites for hydroxylation is 1. The maximum atomic E-state index is 6.08. The molecule has 7 rings (SSSR count). The van der Waals surface area contributed by atoms with Crippen molar-refractivity contribution < 1.29 is 9.47 Å². The molecule has 2 aliphatic rings. The zero-order valence-corrected chi connectivity index (χ0v) is 24.3. The van der Waals surface area contributed by atoms with Crippen LogP contribution in [0.3, 0.4) is 0 Å². The number of pyridine rings is 1. The molecule has 0 aliphatic carbocycles. The fourth-order valence-electron chi connectivity index (χ4n) is 5.56. The highest BCUT2D eigenvalue weighted by molar-refractivity contribution is 5.63. The summed E-state index contributed by atoms with van der Waals surface area (Å²) in [6.45, 7) is 8.69. The van der Waals surface area contributed by atoms with E-state index in [0.717, 1.165) is 97.8 Å². The minimum Gasteiger partial charge on any atom is -0.493 e. The molecule has 5 aromatic rings. The van der Waals surface area contributed by atoms with E-state index in [0.29, 0.717) is 19.2 Å². The van der Waals surface area contributed by atoms with Gasteiger partial charge in [0, 0.05) is 70.2 Å². The Morgan fingerprint density at radius 3 is 2.58 bits per heavy atom. The number of hydrogen-bond donors (Lipinski definition) is 1. The Morgan fingerprint density at radius 2 is 1.81 bits per heavy atom. The van der Waals surface area contributed by atoms with Gasteiger partial charge in [-0.05, 0) is 18.1 Å². The zero-order valence-electron chi connectivity index (χ0n) is 24.3. The molecule has 12 nitrogen and oxygen atoms in total. The number of imidazole rings is 1. The van der Waals surface area contributed by atoms with E-state index >= 15 is 0 Å². The van der Waals surface area contributed by atoms with Gasteiger partial charge in [-0.15, -0.1) is 0 Å². The number of benzene rings is 1. The highest BCUT2D eigenvalue weighted by Gasteiger charge is 2.28. The van der Waals surface area contributed by atoms with E-state index in [-0.39, 0.29) is 0 Å². The molecule has 0 saturated carbocycles. The summed E-state index contributed by atoms with van der Waals surface area (Å²) in [5.74, 6) is 1.58. The first-order chi connectivity index (χ1) is 21.2. The van der Waals surface area contributed by atoms with Gasteiger partial charge < -0.3 is 19.7 Å². The Bertz CT molecular complexity index is 1650. The minimum absolute atomic E-state index is 0.636. The van der Waals surface area contributed by atoms with Crippen LogP contribution in [0.4, 0.5) is 5.82 Å². The van der Waals surface area contributed by atoms with Crippen LogP contribution in [0, 0.1) is 0 Å². The van der Waals surface area contributed by atoms with Crippen LogP contribution < -0.4 is 10.1 Å². The van der Waals surface area contributed by atoms with Crippen molar-refractivity contribution in [1.29, 1.82) is 0 Å². The van der Waals surface area contributed by atoms with Crippen molar-refractivity contribution in [2.45, 2.75) is 19.0 Å². The quantitative estimate of drug-likeness (QED) is 0.234. The molecule has 4 aromatic heterocycles. The number of aromatic nitrogens is 7. The van der Waals surface area contributed by atoms with E-state index in [2.05, 4.69) is 64.5 Å². The molecule has 0 amide bonds. The third-order valence-corrected chi connectivity index (χ3v) is 8.17. The second-order valence-electron chi connectivity index (χ2n) is 11.1. The summed E-state index contributed by atoms with van der Waals surface area (Å²) in [4.78, 5) is 20.2. The molecule has 0 unspecified atom stereocenters. The maximum Gasteiger partial charge on any atom is 0.140 e. The van der Waals surface area contributed by atoms with Crippen LogP contribution in [0.1, 0.15) is 12.0 Å². The fourth-order valence-corrected chi connectivity index (χ4v) is 5.56. The Hall–Kier alpha value is -4.39. The van der Waals surface area contributed by atoms with E-state index in [9.17, 15) is 0 Å². The standard InChI is InChI=1S/C31H36N10O2/c1-38-36-18-28(37-38)24-5-3-23(4-6-24)17-32-30-16-27(34-22-35-30)29-19-33-31-15-26(7-9-41(29)31)43-14-2-8-39-10-12-40(13-11-39)25-20-42-21-25/h3-7,9,15-16,18-19,22,25H,2,8,10-14,17,20-21H2,1H3,(H,32,34,35). The number of anilines is 1. The molecular weight excluding hydrogens is 544 g/mol. The summed E-state index contributed by atoms with van der Waals surface area (Å²) in [5.41, 5.74) is 5.53. The number of ether oxygens (including phenoxy) is 2. The SMILES string of the molecule is Cn1ncc(-c2ccc(CNc3cc(-c4cnc5cc(OCCCN6CCN(C7COC7)CC6)ccn45)ncn3)cc2)n1. The highest BCUT2D eigenvalue weighted by atomic mass is 16.5. The van der Waals surface area contributed by atoms with Crippen LogP contribution in [0.5, 0.6) is 5.75 Å². The van der Waals surface area contributed by atoms with Gasteiger partial charge in [0.25, 0.3) is 0 Å². The molecule has 2 fully saturated rings. The summed E-state index contributed by atoms with van der Waals surface area (Å²) < 4.78 is 13.4. The molecule has 1 aromatic carbocycles. The molecule has 43 heavy (non-hydrogen) atoms. The number of piperazine rings is 1. The van der Waals surface area contributed by atoms with Crippen molar-refractivity contribution in [2.24, 2.45) is 7.05 Å². The van der Waals surface area contributed by atoms with E-state index < -0.39 is 0 Å². The Morgan fingerprint density at radius 1 is 0.953 bits per heavy atom. The normalized spacial score (nSPS) is 16.4. The third-order valence-electron chi connectivity index (χ3n) is 8.17. The average Bonchev–Trinajstić information content (AvgIpc) is 3.65. The second kappa shape index (κ2) is 12.5. The maximum absolute atomic E-state index is 6.08. The second-order valence-corrected chi connectivity index (χ2v) is 11.1. The van der Waals surface area contributed by atoms with Crippen molar-refractivity contribution in [3.05, 3.63) is 72.9 Å². The lowest BCUT2D eigenvalue weighted by molar-refractivity contribution is -0.0769. The van der Waals surface area contributed by atoms with Crippen LogP contribution >= 0.6 is 0 Å². The van der Waals surface area contributed by atoms with Crippen molar-refractivity contribution in [3.8, 4) is 28.4 Å². The van der Waals surface area contributed by atoms with Gasteiger partial charge in [-0.25, -0.2) is 15.0 Å². The van der Waals surface area contributed by atoms with Crippen molar-refractivity contribution in [3.63, 3.8) is 0 Å². The average molecular weight is 581 g/mol. The van der Waals surface area contributed by atoms with E-state index in [1.807, 2.05) is 42.0 Å². The first-order valence-corrected chi connectivity index (χ1v) is 14.8. The van der Waals surface area contributed by atoms with Crippen molar-refractivity contribution in [1.82, 2.24) is 44.1 Å². The molecule has 6 heterocycles. The lowest BCUT2D eigenvalue weighted by Gasteiger charge is -2.42. The smallest absolute Gasteiger partial charge is 0.140 e. The predicted octanol–water partition coefficient (Wildman–Crippen LogP) is 2.98. The van der Waals surface area contributed by atoms with E-state index in [1.54, 1.807) is 17.3 Å². The van der Waals surface area contributed by atoms with E-state index in [1.165, 1.54) is 0 Å². The predicted molar refractivity (Wildman–Crippen MR) is 163 cm³/mol. The van der Waals surface area contributed by atoms with Crippen LogP contribution in [-0.2, 0) is 18.3 Å². The molecule has 12 heteroatoms. The van der Waals surface area contributed by atoms with Gasteiger partial charge in [0.2, 0.25) is 0 Å². The monoisotopic (exact) mass is 580 g/mol. The van der Waals surface area contributed by atoms with Gasteiger partial charge in [-0.3, -0.25) is 9.30 Å². The summed E-state index contributed by atoms with van der Waals surface area (Å²) in [7, 11) is 1.81. The number of rotatable bonds is 11. The molecule has 0 spiro atoms. The fraction of sp³-hybridized carbons (Fsp3) is 0.387. The Balaban J connectivity index is 0.913. The molecule has 1 N–H and O–H groups in total. The lowest BCUT2D eigenvalue weighted by Crippen LogP contribution is -2.56. The third kappa shape index (κ3) is 6.36. The Labute approximate surface area is 250 Å². The zero-order chi connectivity index (χ0) is 29.0. The van der Waals surface area contributed by atoms with Crippen LogP contribution in [0.2, 0.25) is 0 Å². The highest BCUT2D eigenvalue weighted by Crippen LogP contribution is 2.24. The number of nitrogens with zero attached hydrogens (tertiary/aromatic N) is 9. The van der Waals surface area contributed by atoms with Crippen molar-refractivity contribution in [2.75, 3.05) is 57.9 Å². The first-order valence-electron chi connectivity index (χ1n) is 14.8. The summed E-state index contributed by atoms with van der Waals surface area (Å²) in [5, 5.41) is 11.9. The molecule has 2 aliphatic heterocycles. The Kier molecular flexibility index (Phi) is 7.95. The van der Waals surface area contributed by atoms with Gasteiger partial charge in [-0.2, -0.15) is 15.0 Å². The van der Waals surface area contributed by atoms with Gasteiger partial charge in [0.1, 0.15) is 29.2 Å². The topological polar surface area (TPSA) is 111 Å². The number of fused-ring (bicyclic) bond motifs is 1. The lowest BCUT2D eigenvalue weighted by atomic mass is 10.1. The molecule has 0 radical (unpaired) electrons. The van der Waals surface area contributed by atoms with E-state index in [4.69, 9.17) is 9.47 Å². The largest absolute Gasteiger partial charge is 0.493 e. The van der Waals surface area contributed by atoms with Crippen LogP contribution in [0.15, 0.2) is 67.4 Å². The molecule has 0 bridgehead atoms. The number of hydrogen-bond acceptors (Lipinski definition) is 10. The summed E-state index contributed by atoms with van der Waals surface area (Å²) in [6.07, 6.45) is 8.17. The first kappa shape index (κ1) is 27.4. The molecular formula is C31H36N10O2. The minimum atomic E-state index is 0.636. The van der Waals surface area contributed by atoms with Gasteiger partial charge in [0.05, 0.1) is 49.6 Å². The van der Waals surface area contributed by atoms with Crippen LogP contribution in [-0.4, -0.2) is 103 Å². The summed E-state index contributed by atoms with van der Waals surface area (Å²) in [6, 6.07) is 14.8. The van der Waals surface area contributed by atoms with Crippen LogP contribution in [0.25, 0.3) is 28.3 Å². The molecule has 0 atom stereocenters. The van der Waals surface area contributed by atoms with Gasteiger partial charge in [0.15, 0.2) is 0 Å². The molecule has 2 saturated heterocycles. The van der Waals surface area contributed by atoms with Crippen molar-refractivity contribution >= 4 is 11.5 Å². The molecule has 222 valence electrons. The van der Waals surface area contributed by atoms with Gasteiger partial charge >= 0.3 is 0 Å². The summed E-state index contributed by atoms with van der Waals surface area (Å²) >= 11 is 0. The van der Waals surface area contributed by atoms with Gasteiger partial charge in [-0.1, -0.05) is 24.3 Å².